The summed E-state index contributed by atoms with van der Waals surface area (Å²) in [5, 5.41) is 5.83. The minimum atomic E-state index is -0.479. The SMILES string of the molecule is O=C(Nc1cccc(Cl)c1)Nc1ccc2c(c1)C(=O)c1ccccc1C2=O. The van der Waals surface area contributed by atoms with E-state index in [9.17, 15) is 14.4 Å². The lowest BCUT2D eigenvalue weighted by atomic mass is 9.84. The Bertz CT molecular complexity index is 1110. The van der Waals surface area contributed by atoms with Crippen molar-refractivity contribution in [3.05, 3.63) is 94.0 Å². The largest absolute Gasteiger partial charge is 0.323 e. The molecule has 0 atom stereocenters. The standard InChI is InChI=1S/C21H13ClN2O3/c22-12-4-3-5-13(10-12)23-21(27)24-14-8-9-17-18(11-14)20(26)16-7-2-1-6-15(16)19(17)25/h1-11H,(H2,23,24,27). The van der Waals surface area contributed by atoms with Crippen molar-refractivity contribution < 1.29 is 14.4 Å². The molecule has 0 aliphatic heterocycles. The summed E-state index contributed by atoms with van der Waals surface area (Å²) in [4.78, 5) is 37.5. The van der Waals surface area contributed by atoms with Crippen LogP contribution >= 0.6 is 11.6 Å². The van der Waals surface area contributed by atoms with Crippen molar-refractivity contribution in [3.8, 4) is 0 Å². The van der Waals surface area contributed by atoms with Crippen molar-refractivity contribution >= 4 is 40.6 Å². The lowest BCUT2D eigenvalue weighted by molar-refractivity contribution is 0.0979. The lowest BCUT2D eigenvalue weighted by Crippen LogP contribution is -2.22. The Labute approximate surface area is 160 Å². The summed E-state index contributed by atoms with van der Waals surface area (Å²) in [6, 6.07) is 17.7. The van der Waals surface area contributed by atoms with Gasteiger partial charge in [-0.1, -0.05) is 41.9 Å². The number of carbonyl (C=O) groups is 3. The minimum Gasteiger partial charge on any atom is -0.308 e. The smallest absolute Gasteiger partial charge is 0.308 e. The number of ketones is 2. The van der Waals surface area contributed by atoms with Crippen LogP contribution in [0, 0.1) is 0 Å². The highest BCUT2D eigenvalue weighted by Crippen LogP contribution is 2.29. The summed E-state index contributed by atoms with van der Waals surface area (Å²) >= 11 is 5.90. The van der Waals surface area contributed by atoms with Crippen LogP contribution in [0.5, 0.6) is 0 Å². The van der Waals surface area contributed by atoms with Crippen LogP contribution in [-0.2, 0) is 0 Å². The van der Waals surface area contributed by atoms with Crippen LogP contribution in [0.3, 0.4) is 0 Å². The van der Waals surface area contributed by atoms with E-state index in [4.69, 9.17) is 11.6 Å². The van der Waals surface area contributed by atoms with Gasteiger partial charge in [0.25, 0.3) is 0 Å². The van der Waals surface area contributed by atoms with Crippen LogP contribution in [0.4, 0.5) is 16.2 Å². The number of benzene rings is 3. The molecule has 2 N–H and O–H groups in total. The van der Waals surface area contributed by atoms with Crippen LogP contribution in [0.2, 0.25) is 5.02 Å². The summed E-state index contributed by atoms with van der Waals surface area (Å²) in [5.41, 5.74) is 2.33. The monoisotopic (exact) mass is 376 g/mol. The molecule has 1 aliphatic carbocycles. The van der Waals surface area contributed by atoms with E-state index in [1.807, 2.05) is 0 Å². The van der Waals surface area contributed by atoms with Crippen molar-refractivity contribution in [1.82, 2.24) is 0 Å². The van der Waals surface area contributed by atoms with Crippen molar-refractivity contribution in [1.29, 1.82) is 0 Å². The molecule has 0 fully saturated rings. The maximum atomic E-state index is 12.7. The van der Waals surface area contributed by atoms with Crippen LogP contribution < -0.4 is 10.6 Å². The van der Waals surface area contributed by atoms with Gasteiger partial charge in [0, 0.05) is 38.7 Å². The molecule has 3 aromatic rings. The van der Waals surface area contributed by atoms with Gasteiger partial charge in [0.2, 0.25) is 0 Å². The molecule has 0 saturated carbocycles. The molecule has 0 saturated heterocycles. The molecule has 5 nitrogen and oxygen atoms in total. The van der Waals surface area contributed by atoms with E-state index >= 15 is 0 Å². The van der Waals surface area contributed by atoms with E-state index in [1.165, 1.54) is 6.07 Å². The van der Waals surface area contributed by atoms with E-state index in [0.717, 1.165) is 0 Å². The van der Waals surface area contributed by atoms with Gasteiger partial charge in [0.15, 0.2) is 11.6 Å². The molecular formula is C21H13ClN2O3. The Kier molecular flexibility index (Phi) is 4.22. The van der Waals surface area contributed by atoms with Crippen LogP contribution in [0.15, 0.2) is 66.7 Å². The highest BCUT2D eigenvalue weighted by molar-refractivity contribution is 6.31. The zero-order chi connectivity index (χ0) is 19.0. The molecule has 0 aromatic heterocycles. The number of rotatable bonds is 2. The third-order valence-corrected chi connectivity index (χ3v) is 4.50. The summed E-state index contributed by atoms with van der Waals surface area (Å²) in [7, 11) is 0. The van der Waals surface area contributed by atoms with Gasteiger partial charge in [0.1, 0.15) is 0 Å². The molecule has 2 amide bonds. The number of carbonyl (C=O) groups excluding carboxylic acids is 3. The second-order valence-electron chi connectivity index (χ2n) is 6.05. The fourth-order valence-electron chi connectivity index (χ4n) is 3.04. The molecular weight excluding hydrogens is 364 g/mol. The predicted octanol–water partition coefficient (Wildman–Crippen LogP) is 4.76. The Balaban J connectivity index is 1.59. The number of urea groups is 1. The fourth-order valence-corrected chi connectivity index (χ4v) is 3.23. The van der Waals surface area contributed by atoms with Crippen molar-refractivity contribution in [2.24, 2.45) is 0 Å². The first-order valence-corrected chi connectivity index (χ1v) is 8.57. The van der Waals surface area contributed by atoms with Gasteiger partial charge in [-0.2, -0.15) is 0 Å². The molecule has 3 aromatic carbocycles. The van der Waals surface area contributed by atoms with E-state index < -0.39 is 6.03 Å². The molecule has 0 heterocycles. The Hall–Kier alpha value is -3.44. The van der Waals surface area contributed by atoms with Gasteiger partial charge >= 0.3 is 6.03 Å². The van der Waals surface area contributed by atoms with Crippen molar-refractivity contribution in [2.75, 3.05) is 10.6 Å². The second-order valence-corrected chi connectivity index (χ2v) is 6.49. The lowest BCUT2D eigenvalue weighted by Gasteiger charge is -2.18. The summed E-state index contributed by atoms with van der Waals surface area (Å²) in [6.07, 6.45) is 0. The molecule has 0 radical (unpaired) electrons. The first-order chi connectivity index (χ1) is 13.0. The number of amides is 2. The van der Waals surface area contributed by atoms with Crippen LogP contribution in [0.25, 0.3) is 0 Å². The zero-order valence-electron chi connectivity index (χ0n) is 14.0. The van der Waals surface area contributed by atoms with Crippen LogP contribution in [0.1, 0.15) is 31.8 Å². The number of nitrogens with one attached hydrogen (secondary N) is 2. The van der Waals surface area contributed by atoms with Gasteiger partial charge < -0.3 is 10.6 Å². The third kappa shape index (κ3) is 3.20. The fraction of sp³-hybridized carbons (Fsp3) is 0. The van der Waals surface area contributed by atoms with Crippen LogP contribution in [-0.4, -0.2) is 17.6 Å². The number of hydrogen-bond acceptors (Lipinski definition) is 3. The Morgan fingerprint density at radius 3 is 1.93 bits per heavy atom. The molecule has 0 unspecified atom stereocenters. The average Bonchev–Trinajstić information content (AvgIpc) is 2.66. The molecule has 132 valence electrons. The molecule has 6 heteroatoms. The van der Waals surface area contributed by atoms with Gasteiger partial charge in [-0.25, -0.2) is 4.79 Å². The molecule has 0 spiro atoms. The topological polar surface area (TPSA) is 75.3 Å². The highest BCUT2D eigenvalue weighted by Gasteiger charge is 2.29. The molecule has 27 heavy (non-hydrogen) atoms. The first-order valence-electron chi connectivity index (χ1n) is 8.19. The predicted molar refractivity (Wildman–Crippen MR) is 104 cm³/mol. The summed E-state index contributed by atoms with van der Waals surface area (Å²) < 4.78 is 0. The number of anilines is 2. The van der Waals surface area contributed by atoms with Crippen molar-refractivity contribution in [3.63, 3.8) is 0 Å². The van der Waals surface area contributed by atoms with E-state index in [0.29, 0.717) is 33.1 Å². The van der Waals surface area contributed by atoms with Gasteiger partial charge in [-0.05, 0) is 36.4 Å². The Morgan fingerprint density at radius 2 is 1.26 bits per heavy atom. The summed E-state index contributed by atoms with van der Waals surface area (Å²) in [5.74, 6) is -0.436. The average molecular weight is 377 g/mol. The number of fused-ring (bicyclic) bond motifs is 2. The summed E-state index contributed by atoms with van der Waals surface area (Å²) in [6.45, 7) is 0. The second kappa shape index (κ2) is 6.70. The van der Waals surface area contributed by atoms with E-state index in [-0.39, 0.29) is 17.1 Å². The van der Waals surface area contributed by atoms with E-state index in [1.54, 1.807) is 60.7 Å². The number of hydrogen-bond donors (Lipinski definition) is 2. The van der Waals surface area contributed by atoms with Gasteiger partial charge in [-0.3, -0.25) is 9.59 Å². The quantitative estimate of drug-likeness (QED) is 0.529. The maximum Gasteiger partial charge on any atom is 0.323 e. The normalized spacial score (nSPS) is 12.2. The third-order valence-electron chi connectivity index (χ3n) is 4.27. The first kappa shape index (κ1) is 17.0. The molecule has 0 bridgehead atoms. The Morgan fingerprint density at radius 1 is 0.667 bits per heavy atom. The van der Waals surface area contributed by atoms with Crippen molar-refractivity contribution in [2.45, 2.75) is 0 Å². The maximum absolute atomic E-state index is 12.7. The molecule has 4 rings (SSSR count). The molecule has 1 aliphatic rings. The van der Waals surface area contributed by atoms with Gasteiger partial charge in [0.05, 0.1) is 0 Å². The highest BCUT2D eigenvalue weighted by atomic mass is 35.5. The van der Waals surface area contributed by atoms with E-state index in [2.05, 4.69) is 10.6 Å². The number of halogens is 1. The zero-order valence-corrected chi connectivity index (χ0v) is 14.7. The van der Waals surface area contributed by atoms with Gasteiger partial charge in [-0.15, -0.1) is 0 Å². The minimum absolute atomic E-state index is 0.199.